The van der Waals surface area contributed by atoms with Crippen LogP contribution < -0.4 is 10.6 Å². The Hall–Kier alpha value is -2.63. The van der Waals surface area contributed by atoms with Gasteiger partial charge in [0.05, 0.1) is 23.1 Å². The summed E-state index contributed by atoms with van der Waals surface area (Å²) in [6.07, 6.45) is 3.63. The van der Waals surface area contributed by atoms with E-state index >= 15 is 0 Å². The molecule has 1 amide bonds. The molecule has 3 aromatic rings. The van der Waals surface area contributed by atoms with E-state index in [1.54, 1.807) is 6.20 Å². The molecule has 6 heteroatoms. The van der Waals surface area contributed by atoms with Gasteiger partial charge in [-0.2, -0.15) is 5.10 Å². The fraction of sp³-hybridized carbons (Fsp3) is 0.360. The number of amides is 1. The zero-order valence-corrected chi connectivity index (χ0v) is 19.3. The lowest BCUT2D eigenvalue weighted by molar-refractivity contribution is 0.102. The van der Waals surface area contributed by atoms with Gasteiger partial charge in [-0.15, -0.1) is 0 Å². The number of carbonyl (C=O) groups excluding carboxylic acids is 1. The Balaban J connectivity index is 1.76. The molecule has 2 heterocycles. The van der Waals surface area contributed by atoms with Gasteiger partial charge in [0.1, 0.15) is 0 Å². The number of aromatic nitrogens is 2. The van der Waals surface area contributed by atoms with E-state index < -0.39 is 0 Å². The zero-order chi connectivity index (χ0) is 22.1. The Kier molecular flexibility index (Phi) is 6.17. The van der Waals surface area contributed by atoms with Crippen LogP contribution in [0.2, 0.25) is 5.02 Å². The molecular formula is C25H29ClN4O. The third-order valence-electron chi connectivity index (χ3n) is 6.09. The molecule has 2 N–H and O–H groups in total. The van der Waals surface area contributed by atoms with Crippen LogP contribution in [0.3, 0.4) is 0 Å². The van der Waals surface area contributed by atoms with Gasteiger partial charge < -0.3 is 10.6 Å². The Morgan fingerprint density at radius 3 is 2.39 bits per heavy atom. The van der Waals surface area contributed by atoms with E-state index in [-0.39, 0.29) is 11.8 Å². The minimum absolute atomic E-state index is 0.118. The third kappa shape index (κ3) is 4.39. The second-order valence-corrected chi connectivity index (χ2v) is 8.95. The first-order valence-electron chi connectivity index (χ1n) is 10.8. The number of halogens is 1. The fourth-order valence-electron chi connectivity index (χ4n) is 4.50. The average molecular weight is 437 g/mol. The summed E-state index contributed by atoms with van der Waals surface area (Å²) in [5.74, 6) is 0.137. The molecule has 0 atom stereocenters. The Morgan fingerprint density at radius 2 is 1.74 bits per heavy atom. The quantitative estimate of drug-likeness (QED) is 0.569. The molecule has 2 aromatic carbocycles. The summed E-state index contributed by atoms with van der Waals surface area (Å²) in [5, 5.41) is 11.9. The maximum Gasteiger partial charge on any atom is 0.259 e. The molecule has 5 nitrogen and oxygen atoms in total. The van der Waals surface area contributed by atoms with Crippen molar-refractivity contribution in [2.75, 3.05) is 18.4 Å². The van der Waals surface area contributed by atoms with Gasteiger partial charge in [-0.3, -0.25) is 4.79 Å². The number of nitrogens with zero attached hydrogens (tertiary/aromatic N) is 2. The van der Waals surface area contributed by atoms with Crippen LogP contribution in [0.4, 0.5) is 5.69 Å². The van der Waals surface area contributed by atoms with Crippen molar-refractivity contribution >= 4 is 23.2 Å². The van der Waals surface area contributed by atoms with Crippen molar-refractivity contribution in [2.45, 2.75) is 46.5 Å². The maximum absolute atomic E-state index is 13.4. The highest BCUT2D eigenvalue weighted by atomic mass is 35.5. The van der Waals surface area contributed by atoms with Gasteiger partial charge >= 0.3 is 0 Å². The maximum atomic E-state index is 13.4. The van der Waals surface area contributed by atoms with E-state index in [1.807, 2.05) is 43.7 Å². The highest BCUT2D eigenvalue weighted by molar-refractivity contribution is 6.31. The van der Waals surface area contributed by atoms with Crippen molar-refractivity contribution in [3.63, 3.8) is 0 Å². The van der Waals surface area contributed by atoms with Gasteiger partial charge in [-0.1, -0.05) is 35.4 Å². The molecule has 1 aliphatic rings. The molecule has 1 saturated heterocycles. The summed E-state index contributed by atoms with van der Waals surface area (Å²) in [5.41, 5.74) is 7.67. The molecule has 1 aliphatic heterocycles. The third-order valence-corrected chi connectivity index (χ3v) is 6.50. The first kappa shape index (κ1) is 21.6. The largest absolute Gasteiger partial charge is 0.321 e. The molecule has 162 valence electrons. The molecule has 0 unspecified atom stereocenters. The van der Waals surface area contributed by atoms with Crippen LogP contribution in [0.25, 0.3) is 5.69 Å². The van der Waals surface area contributed by atoms with Crippen molar-refractivity contribution in [2.24, 2.45) is 0 Å². The second kappa shape index (κ2) is 8.85. The number of piperidine rings is 1. The van der Waals surface area contributed by atoms with E-state index in [0.717, 1.165) is 59.7 Å². The van der Waals surface area contributed by atoms with Crippen molar-refractivity contribution < 1.29 is 4.79 Å². The van der Waals surface area contributed by atoms with Crippen molar-refractivity contribution in [3.05, 3.63) is 75.1 Å². The molecule has 0 saturated carbocycles. The summed E-state index contributed by atoms with van der Waals surface area (Å²) in [6.45, 7) is 9.97. The molecule has 31 heavy (non-hydrogen) atoms. The number of anilines is 1. The molecule has 1 fully saturated rings. The number of hydrogen-bond acceptors (Lipinski definition) is 3. The first-order chi connectivity index (χ1) is 14.8. The summed E-state index contributed by atoms with van der Waals surface area (Å²) in [6, 6.07) is 10.1. The van der Waals surface area contributed by atoms with E-state index in [2.05, 4.69) is 34.8 Å². The van der Waals surface area contributed by atoms with E-state index in [4.69, 9.17) is 11.6 Å². The van der Waals surface area contributed by atoms with Crippen LogP contribution in [0.1, 0.15) is 57.1 Å². The number of nitrogens with one attached hydrogen (secondary N) is 2. The predicted molar refractivity (Wildman–Crippen MR) is 127 cm³/mol. The van der Waals surface area contributed by atoms with Gasteiger partial charge in [0.2, 0.25) is 0 Å². The van der Waals surface area contributed by atoms with Gasteiger partial charge in [-0.25, -0.2) is 4.68 Å². The number of benzene rings is 2. The fourth-order valence-corrected chi connectivity index (χ4v) is 4.67. The molecule has 0 aliphatic carbocycles. The molecule has 0 spiro atoms. The smallest absolute Gasteiger partial charge is 0.259 e. The van der Waals surface area contributed by atoms with Crippen LogP contribution in [0.15, 0.2) is 36.5 Å². The van der Waals surface area contributed by atoms with Crippen LogP contribution in [0, 0.1) is 27.7 Å². The van der Waals surface area contributed by atoms with Gasteiger partial charge in [-0.05, 0) is 82.4 Å². The number of hydrogen-bond donors (Lipinski definition) is 2. The van der Waals surface area contributed by atoms with E-state index in [0.29, 0.717) is 10.6 Å². The number of aryl methyl sites for hydroxylation is 4. The van der Waals surface area contributed by atoms with Crippen molar-refractivity contribution in [1.82, 2.24) is 15.1 Å². The lowest BCUT2D eigenvalue weighted by atomic mass is 9.91. The minimum atomic E-state index is -0.118. The molecule has 1 aromatic heterocycles. The van der Waals surface area contributed by atoms with Gasteiger partial charge in [0, 0.05) is 16.6 Å². The van der Waals surface area contributed by atoms with Crippen molar-refractivity contribution in [3.8, 4) is 5.69 Å². The Morgan fingerprint density at radius 1 is 1.06 bits per heavy atom. The van der Waals surface area contributed by atoms with Crippen LogP contribution in [-0.4, -0.2) is 28.8 Å². The molecule has 0 radical (unpaired) electrons. The van der Waals surface area contributed by atoms with E-state index in [9.17, 15) is 4.79 Å². The molecule has 0 bridgehead atoms. The highest BCUT2D eigenvalue weighted by Gasteiger charge is 2.27. The van der Waals surface area contributed by atoms with Gasteiger partial charge in [0.15, 0.2) is 0 Å². The van der Waals surface area contributed by atoms with E-state index in [1.165, 1.54) is 5.56 Å². The summed E-state index contributed by atoms with van der Waals surface area (Å²) >= 11 is 6.40. The van der Waals surface area contributed by atoms with Crippen LogP contribution in [-0.2, 0) is 0 Å². The number of rotatable bonds is 4. The topological polar surface area (TPSA) is 59.0 Å². The second-order valence-electron chi connectivity index (χ2n) is 8.54. The monoisotopic (exact) mass is 436 g/mol. The zero-order valence-electron chi connectivity index (χ0n) is 18.6. The standard InChI is InChI=1S/C25H29ClN4O/c1-15-11-17(3)23(18(4)12-15)29-25(31)21-14-28-30(20-6-5-16(2)22(26)13-20)24(21)19-7-9-27-10-8-19/h5-6,11-14,19,27H,7-10H2,1-4H3,(H,29,31). The normalized spacial score (nSPS) is 14.6. The Labute approximate surface area is 188 Å². The minimum Gasteiger partial charge on any atom is -0.321 e. The number of carbonyl (C=O) groups is 1. The highest BCUT2D eigenvalue weighted by Crippen LogP contribution is 2.32. The summed E-state index contributed by atoms with van der Waals surface area (Å²) < 4.78 is 1.89. The molecule has 4 rings (SSSR count). The summed E-state index contributed by atoms with van der Waals surface area (Å²) in [4.78, 5) is 13.4. The SMILES string of the molecule is Cc1cc(C)c(NC(=O)c2cnn(-c3ccc(C)c(Cl)c3)c2C2CCNCC2)c(C)c1. The molecular weight excluding hydrogens is 408 g/mol. The van der Waals surface area contributed by atoms with Crippen LogP contribution in [0.5, 0.6) is 0 Å². The Bertz CT molecular complexity index is 1110. The van der Waals surface area contributed by atoms with Gasteiger partial charge in [0.25, 0.3) is 5.91 Å². The average Bonchev–Trinajstić information content (AvgIpc) is 3.18. The van der Waals surface area contributed by atoms with Crippen LogP contribution >= 0.6 is 11.6 Å². The lowest BCUT2D eigenvalue weighted by Gasteiger charge is -2.25. The first-order valence-corrected chi connectivity index (χ1v) is 11.2. The predicted octanol–water partition coefficient (Wildman–Crippen LogP) is 5.48. The van der Waals surface area contributed by atoms with Crippen molar-refractivity contribution in [1.29, 1.82) is 0 Å². The lowest BCUT2D eigenvalue weighted by Crippen LogP contribution is -2.29. The summed E-state index contributed by atoms with van der Waals surface area (Å²) in [7, 11) is 0.